The molecule has 0 amide bonds. The summed E-state index contributed by atoms with van der Waals surface area (Å²) in [6, 6.07) is 9.23. The summed E-state index contributed by atoms with van der Waals surface area (Å²) in [6.07, 6.45) is 1.05. The van der Waals surface area contributed by atoms with E-state index in [0.29, 0.717) is 10.6 Å². The molecule has 1 aromatic heterocycles. The smallest absolute Gasteiger partial charge is 0.168 e. The van der Waals surface area contributed by atoms with E-state index in [1.165, 1.54) is 0 Å². The Bertz CT molecular complexity index is 561. The van der Waals surface area contributed by atoms with Crippen LogP contribution in [0.5, 0.6) is 0 Å². The molecule has 2 rings (SSSR count). The first-order valence-corrected chi connectivity index (χ1v) is 6.29. The average Bonchev–Trinajstić information content (AvgIpc) is 2.67. The molecule has 0 unspecified atom stereocenters. The molecule has 0 fully saturated rings. The Hall–Kier alpha value is -1.61. The second-order valence-corrected chi connectivity index (χ2v) is 4.53. The fourth-order valence-electron chi connectivity index (χ4n) is 1.89. The SMILES string of the molecule is CCc1nn(C)c(CC(=O)c2ccccc2)c1Cl. The first-order chi connectivity index (χ1) is 8.63. The highest BCUT2D eigenvalue weighted by Gasteiger charge is 2.16. The predicted molar refractivity (Wildman–Crippen MR) is 72.1 cm³/mol. The molecule has 0 spiro atoms. The van der Waals surface area contributed by atoms with Gasteiger partial charge in [-0.1, -0.05) is 48.9 Å². The maximum atomic E-state index is 12.1. The number of carbonyl (C=O) groups is 1. The predicted octanol–water partition coefficient (Wildman–Crippen LogP) is 3.06. The van der Waals surface area contributed by atoms with E-state index in [2.05, 4.69) is 5.10 Å². The van der Waals surface area contributed by atoms with Gasteiger partial charge in [0, 0.05) is 12.6 Å². The third-order valence-corrected chi connectivity index (χ3v) is 3.36. The van der Waals surface area contributed by atoms with Crippen molar-refractivity contribution in [2.75, 3.05) is 0 Å². The van der Waals surface area contributed by atoms with Gasteiger partial charge in [-0.2, -0.15) is 5.10 Å². The summed E-state index contributed by atoms with van der Waals surface area (Å²) in [5, 5.41) is 4.92. The summed E-state index contributed by atoms with van der Waals surface area (Å²) in [5.74, 6) is 0.0585. The van der Waals surface area contributed by atoms with E-state index in [-0.39, 0.29) is 12.2 Å². The standard InChI is InChI=1S/C14H15ClN2O/c1-3-11-14(15)12(17(2)16-11)9-13(18)10-7-5-4-6-8-10/h4-8H,3,9H2,1-2H3. The number of ketones is 1. The summed E-state index contributed by atoms with van der Waals surface area (Å²) >= 11 is 6.23. The molecule has 1 heterocycles. The number of benzene rings is 1. The maximum absolute atomic E-state index is 12.1. The molecule has 94 valence electrons. The van der Waals surface area contributed by atoms with Crippen molar-refractivity contribution in [1.82, 2.24) is 9.78 Å². The molecular formula is C14H15ClN2O. The fraction of sp³-hybridized carbons (Fsp3) is 0.286. The van der Waals surface area contributed by atoms with Crippen LogP contribution in [0.2, 0.25) is 5.02 Å². The highest BCUT2D eigenvalue weighted by atomic mass is 35.5. The van der Waals surface area contributed by atoms with Crippen LogP contribution in [0.25, 0.3) is 0 Å². The number of halogens is 1. The summed E-state index contributed by atoms with van der Waals surface area (Å²) in [6.45, 7) is 2.00. The third-order valence-electron chi connectivity index (χ3n) is 2.93. The minimum absolute atomic E-state index is 0.0585. The van der Waals surface area contributed by atoms with Crippen molar-refractivity contribution in [3.8, 4) is 0 Å². The monoisotopic (exact) mass is 262 g/mol. The zero-order valence-corrected chi connectivity index (χ0v) is 11.2. The number of rotatable bonds is 4. The molecular weight excluding hydrogens is 248 g/mol. The van der Waals surface area contributed by atoms with Crippen molar-refractivity contribution in [2.24, 2.45) is 7.05 Å². The molecule has 4 heteroatoms. The van der Waals surface area contributed by atoms with Gasteiger partial charge in [-0.25, -0.2) is 0 Å². The van der Waals surface area contributed by atoms with Crippen LogP contribution in [0.4, 0.5) is 0 Å². The van der Waals surface area contributed by atoms with Gasteiger partial charge in [-0.15, -0.1) is 0 Å². The normalized spacial score (nSPS) is 10.6. The minimum atomic E-state index is 0.0585. The van der Waals surface area contributed by atoms with Crippen LogP contribution in [0.15, 0.2) is 30.3 Å². The van der Waals surface area contributed by atoms with Gasteiger partial charge >= 0.3 is 0 Å². The Morgan fingerprint density at radius 3 is 2.56 bits per heavy atom. The fourth-order valence-corrected chi connectivity index (χ4v) is 2.25. The number of Topliss-reactive ketones (excluding diaryl/α,β-unsaturated/α-hetero) is 1. The third kappa shape index (κ3) is 2.46. The quantitative estimate of drug-likeness (QED) is 0.794. The second-order valence-electron chi connectivity index (χ2n) is 4.15. The van der Waals surface area contributed by atoms with Gasteiger partial charge < -0.3 is 0 Å². The van der Waals surface area contributed by atoms with Crippen molar-refractivity contribution in [3.63, 3.8) is 0 Å². The maximum Gasteiger partial charge on any atom is 0.168 e. The van der Waals surface area contributed by atoms with Crippen LogP contribution < -0.4 is 0 Å². The molecule has 0 N–H and O–H groups in total. The number of hydrogen-bond acceptors (Lipinski definition) is 2. The van der Waals surface area contributed by atoms with E-state index in [1.807, 2.05) is 44.3 Å². The van der Waals surface area contributed by atoms with Crippen molar-refractivity contribution in [3.05, 3.63) is 52.3 Å². The number of nitrogens with zero attached hydrogens (tertiary/aromatic N) is 2. The highest BCUT2D eigenvalue weighted by molar-refractivity contribution is 6.32. The lowest BCUT2D eigenvalue weighted by Gasteiger charge is -2.02. The first-order valence-electron chi connectivity index (χ1n) is 5.92. The number of hydrogen-bond donors (Lipinski definition) is 0. The molecule has 0 bridgehead atoms. The van der Waals surface area contributed by atoms with Crippen LogP contribution in [0, 0.1) is 0 Å². The number of aryl methyl sites for hydroxylation is 2. The van der Waals surface area contributed by atoms with Crippen molar-refractivity contribution < 1.29 is 4.79 Å². The molecule has 18 heavy (non-hydrogen) atoms. The van der Waals surface area contributed by atoms with Gasteiger partial charge in [0.1, 0.15) is 0 Å². The minimum Gasteiger partial charge on any atom is -0.294 e. The molecule has 2 aromatic rings. The topological polar surface area (TPSA) is 34.9 Å². The Morgan fingerprint density at radius 1 is 1.33 bits per heavy atom. The largest absolute Gasteiger partial charge is 0.294 e. The van der Waals surface area contributed by atoms with Crippen molar-refractivity contribution >= 4 is 17.4 Å². The van der Waals surface area contributed by atoms with Crippen LogP contribution in [-0.2, 0) is 19.9 Å². The van der Waals surface area contributed by atoms with Crippen molar-refractivity contribution in [1.29, 1.82) is 0 Å². The van der Waals surface area contributed by atoms with Crippen molar-refractivity contribution in [2.45, 2.75) is 19.8 Å². The number of aromatic nitrogens is 2. The Kier molecular flexibility index (Phi) is 3.82. The van der Waals surface area contributed by atoms with E-state index in [4.69, 9.17) is 11.6 Å². The lowest BCUT2D eigenvalue weighted by atomic mass is 10.1. The average molecular weight is 263 g/mol. The van der Waals surface area contributed by atoms with Gasteiger partial charge in [0.2, 0.25) is 0 Å². The van der Waals surface area contributed by atoms with Crippen LogP contribution in [-0.4, -0.2) is 15.6 Å². The molecule has 0 saturated carbocycles. The van der Waals surface area contributed by atoms with Crippen LogP contribution in [0.3, 0.4) is 0 Å². The molecule has 0 aliphatic heterocycles. The zero-order valence-electron chi connectivity index (χ0n) is 10.5. The van der Waals surface area contributed by atoms with E-state index in [1.54, 1.807) is 4.68 Å². The molecule has 0 radical (unpaired) electrons. The Morgan fingerprint density at radius 2 is 2.00 bits per heavy atom. The van der Waals surface area contributed by atoms with E-state index in [9.17, 15) is 4.79 Å². The molecule has 0 aliphatic carbocycles. The van der Waals surface area contributed by atoms with Crippen LogP contribution >= 0.6 is 11.6 Å². The lowest BCUT2D eigenvalue weighted by Crippen LogP contribution is -2.08. The van der Waals surface area contributed by atoms with Gasteiger partial charge in [-0.3, -0.25) is 9.48 Å². The van der Waals surface area contributed by atoms with E-state index < -0.39 is 0 Å². The molecule has 3 nitrogen and oxygen atoms in total. The second kappa shape index (κ2) is 5.36. The highest BCUT2D eigenvalue weighted by Crippen LogP contribution is 2.22. The molecule has 0 atom stereocenters. The first kappa shape index (κ1) is 12.8. The van der Waals surface area contributed by atoms with E-state index in [0.717, 1.165) is 17.8 Å². The summed E-state index contributed by atoms with van der Waals surface area (Å²) < 4.78 is 1.70. The number of carbonyl (C=O) groups excluding carboxylic acids is 1. The van der Waals surface area contributed by atoms with E-state index >= 15 is 0 Å². The Labute approximate surface area is 111 Å². The summed E-state index contributed by atoms with van der Waals surface area (Å²) in [5.41, 5.74) is 2.32. The lowest BCUT2D eigenvalue weighted by molar-refractivity contribution is 0.0991. The molecule has 0 saturated heterocycles. The van der Waals surface area contributed by atoms with Gasteiger partial charge in [0.25, 0.3) is 0 Å². The zero-order chi connectivity index (χ0) is 13.1. The molecule has 1 aromatic carbocycles. The van der Waals surface area contributed by atoms with Gasteiger partial charge in [0.15, 0.2) is 5.78 Å². The summed E-state index contributed by atoms with van der Waals surface area (Å²) in [4.78, 5) is 12.1. The molecule has 0 aliphatic rings. The van der Waals surface area contributed by atoms with Gasteiger partial charge in [0.05, 0.1) is 22.8 Å². The van der Waals surface area contributed by atoms with Gasteiger partial charge in [-0.05, 0) is 6.42 Å². The summed E-state index contributed by atoms with van der Waals surface area (Å²) in [7, 11) is 1.82. The Balaban J connectivity index is 2.25. The van der Waals surface area contributed by atoms with Crippen LogP contribution in [0.1, 0.15) is 28.7 Å².